The molecule has 0 aliphatic rings. The summed E-state index contributed by atoms with van der Waals surface area (Å²) in [5, 5.41) is 2.86. The first kappa shape index (κ1) is 15.9. The van der Waals surface area contributed by atoms with Gasteiger partial charge in [0.15, 0.2) is 0 Å². The second-order valence-corrected chi connectivity index (χ2v) is 5.36. The lowest BCUT2D eigenvalue weighted by Gasteiger charge is -2.16. The number of halogens is 2. The SMILES string of the molecule is CC(Nc1cc(=O)n(C(C)C)c(=O)[nH]1)c1cc(F)cc(F)c1. The number of H-pyrrole nitrogens is 1. The second-order valence-electron chi connectivity index (χ2n) is 5.36. The van der Waals surface area contributed by atoms with Gasteiger partial charge in [-0.25, -0.2) is 13.6 Å². The number of hydrogen-bond acceptors (Lipinski definition) is 3. The lowest BCUT2D eigenvalue weighted by Crippen LogP contribution is -2.36. The summed E-state index contributed by atoms with van der Waals surface area (Å²) in [6.45, 7) is 5.12. The molecule has 1 aromatic carbocycles. The smallest absolute Gasteiger partial charge is 0.330 e. The molecule has 0 spiro atoms. The van der Waals surface area contributed by atoms with Gasteiger partial charge in [0.2, 0.25) is 0 Å². The predicted octanol–water partition coefficient (Wildman–Crippen LogP) is 2.57. The Hall–Kier alpha value is -2.44. The minimum atomic E-state index is -0.688. The Kier molecular flexibility index (Phi) is 4.44. The van der Waals surface area contributed by atoms with Gasteiger partial charge in [-0.15, -0.1) is 0 Å². The second kappa shape index (κ2) is 6.13. The number of hydrogen-bond donors (Lipinski definition) is 2. The first-order chi connectivity index (χ1) is 10.3. The normalized spacial score (nSPS) is 12.5. The third-order valence-electron chi connectivity index (χ3n) is 3.24. The van der Waals surface area contributed by atoms with Crippen molar-refractivity contribution in [3.05, 3.63) is 62.3 Å². The number of benzene rings is 1. The highest BCUT2D eigenvalue weighted by Gasteiger charge is 2.12. The Morgan fingerprint density at radius 3 is 2.14 bits per heavy atom. The van der Waals surface area contributed by atoms with Crippen LogP contribution in [-0.4, -0.2) is 9.55 Å². The van der Waals surface area contributed by atoms with Gasteiger partial charge in [0.25, 0.3) is 5.56 Å². The summed E-state index contributed by atoms with van der Waals surface area (Å²) >= 11 is 0. The molecule has 22 heavy (non-hydrogen) atoms. The molecule has 1 atom stereocenters. The van der Waals surface area contributed by atoms with Crippen LogP contribution in [0.25, 0.3) is 0 Å². The number of nitrogens with zero attached hydrogens (tertiary/aromatic N) is 1. The van der Waals surface area contributed by atoms with E-state index in [1.807, 2.05) is 0 Å². The van der Waals surface area contributed by atoms with Crippen LogP contribution in [-0.2, 0) is 0 Å². The van der Waals surface area contributed by atoms with E-state index >= 15 is 0 Å². The Morgan fingerprint density at radius 1 is 1.05 bits per heavy atom. The van der Waals surface area contributed by atoms with Crippen molar-refractivity contribution in [3.63, 3.8) is 0 Å². The molecule has 5 nitrogen and oxygen atoms in total. The molecule has 118 valence electrons. The van der Waals surface area contributed by atoms with Crippen molar-refractivity contribution in [1.82, 2.24) is 9.55 Å². The van der Waals surface area contributed by atoms with Crippen LogP contribution in [0.2, 0.25) is 0 Å². The minimum absolute atomic E-state index is 0.198. The molecular formula is C15H17F2N3O2. The average Bonchev–Trinajstić information content (AvgIpc) is 2.35. The van der Waals surface area contributed by atoms with Gasteiger partial charge in [-0.05, 0) is 38.5 Å². The Balaban J connectivity index is 2.31. The molecule has 2 rings (SSSR count). The van der Waals surface area contributed by atoms with E-state index in [1.54, 1.807) is 20.8 Å². The van der Waals surface area contributed by atoms with Gasteiger partial charge >= 0.3 is 5.69 Å². The van der Waals surface area contributed by atoms with Gasteiger partial charge in [0.1, 0.15) is 17.5 Å². The molecule has 0 bridgehead atoms. The fourth-order valence-corrected chi connectivity index (χ4v) is 2.21. The number of rotatable bonds is 4. The number of nitrogens with one attached hydrogen (secondary N) is 2. The summed E-state index contributed by atoms with van der Waals surface area (Å²) < 4.78 is 27.5. The summed E-state index contributed by atoms with van der Waals surface area (Å²) in [4.78, 5) is 26.3. The van der Waals surface area contributed by atoms with Gasteiger partial charge in [0, 0.05) is 18.2 Å². The molecule has 1 aromatic heterocycles. The van der Waals surface area contributed by atoms with Crippen molar-refractivity contribution >= 4 is 5.82 Å². The molecule has 7 heteroatoms. The Bertz CT molecular complexity index is 745. The molecule has 0 saturated heterocycles. The van der Waals surface area contributed by atoms with Crippen LogP contribution in [0.3, 0.4) is 0 Å². The molecule has 2 aromatic rings. The van der Waals surface area contributed by atoms with Crippen molar-refractivity contribution in [2.75, 3.05) is 5.32 Å². The van der Waals surface area contributed by atoms with Crippen molar-refractivity contribution in [3.8, 4) is 0 Å². The van der Waals surface area contributed by atoms with Crippen molar-refractivity contribution in [2.45, 2.75) is 32.9 Å². The zero-order valence-corrected chi connectivity index (χ0v) is 12.5. The number of aromatic nitrogens is 2. The maximum Gasteiger partial charge on any atom is 0.330 e. The van der Waals surface area contributed by atoms with E-state index in [0.29, 0.717) is 5.56 Å². The molecule has 2 N–H and O–H groups in total. The Morgan fingerprint density at radius 2 is 1.64 bits per heavy atom. The summed E-state index contributed by atoms with van der Waals surface area (Å²) in [6.07, 6.45) is 0. The highest BCUT2D eigenvalue weighted by Crippen LogP contribution is 2.19. The molecule has 1 heterocycles. The molecule has 0 fully saturated rings. The topological polar surface area (TPSA) is 66.9 Å². The molecule has 0 aliphatic heterocycles. The fraction of sp³-hybridized carbons (Fsp3) is 0.333. The summed E-state index contributed by atoms with van der Waals surface area (Å²) in [7, 11) is 0. The number of aromatic amines is 1. The van der Waals surface area contributed by atoms with Crippen LogP contribution in [0.4, 0.5) is 14.6 Å². The summed E-state index contributed by atoms with van der Waals surface area (Å²) in [6, 6.07) is 3.65. The molecule has 0 saturated carbocycles. The standard InChI is InChI=1S/C15H17F2N3O2/c1-8(2)20-14(21)7-13(19-15(20)22)18-9(3)10-4-11(16)6-12(17)5-10/h4-9,18H,1-3H3,(H,19,22). The summed E-state index contributed by atoms with van der Waals surface area (Å²) in [5.41, 5.74) is -0.618. The van der Waals surface area contributed by atoms with Crippen LogP contribution in [0.1, 0.15) is 38.4 Å². The number of anilines is 1. The maximum atomic E-state index is 13.2. The van der Waals surface area contributed by atoms with Gasteiger partial charge in [0.05, 0.1) is 6.04 Å². The highest BCUT2D eigenvalue weighted by atomic mass is 19.1. The molecule has 1 unspecified atom stereocenters. The summed E-state index contributed by atoms with van der Waals surface area (Å²) in [5.74, 6) is -1.18. The molecular weight excluding hydrogens is 292 g/mol. The molecule has 0 amide bonds. The van der Waals surface area contributed by atoms with Crippen LogP contribution in [0, 0.1) is 11.6 Å². The van der Waals surface area contributed by atoms with E-state index in [1.165, 1.54) is 18.2 Å². The van der Waals surface area contributed by atoms with Gasteiger partial charge in [-0.1, -0.05) is 0 Å². The van der Waals surface area contributed by atoms with Crippen LogP contribution >= 0.6 is 0 Å². The van der Waals surface area contributed by atoms with Crippen molar-refractivity contribution < 1.29 is 8.78 Å². The lowest BCUT2D eigenvalue weighted by molar-refractivity contribution is 0.546. The van der Waals surface area contributed by atoms with E-state index < -0.39 is 28.9 Å². The average molecular weight is 309 g/mol. The zero-order chi connectivity index (χ0) is 16.4. The lowest BCUT2D eigenvalue weighted by atomic mass is 10.1. The third kappa shape index (κ3) is 3.41. The minimum Gasteiger partial charge on any atom is -0.365 e. The van der Waals surface area contributed by atoms with E-state index in [0.717, 1.165) is 10.6 Å². The fourth-order valence-electron chi connectivity index (χ4n) is 2.21. The quantitative estimate of drug-likeness (QED) is 0.912. The third-order valence-corrected chi connectivity index (χ3v) is 3.24. The molecule has 0 aliphatic carbocycles. The largest absolute Gasteiger partial charge is 0.365 e. The Labute approximate surface area is 125 Å². The maximum absolute atomic E-state index is 13.2. The predicted molar refractivity (Wildman–Crippen MR) is 80.1 cm³/mol. The molecule has 0 radical (unpaired) electrons. The van der Waals surface area contributed by atoms with Crippen LogP contribution < -0.4 is 16.6 Å². The van der Waals surface area contributed by atoms with Crippen molar-refractivity contribution in [2.24, 2.45) is 0 Å². The highest BCUT2D eigenvalue weighted by molar-refractivity contribution is 5.37. The van der Waals surface area contributed by atoms with Crippen molar-refractivity contribution in [1.29, 1.82) is 0 Å². The van der Waals surface area contributed by atoms with Crippen LogP contribution in [0.5, 0.6) is 0 Å². The first-order valence-corrected chi connectivity index (χ1v) is 6.86. The van der Waals surface area contributed by atoms with E-state index in [9.17, 15) is 18.4 Å². The zero-order valence-electron chi connectivity index (χ0n) is 12.5. The van der Waals surface area contributed by atoms with Crippen LogP contribution in [0.15, 0.2) is 33.9 Å². The van der Waals surface area contributed by atoms with Gasteiger partial charge < -0.3 is 5.32 Å². The monoisotopic (exact) mass is 309 g/mol. The van der Waals surface area contributed by atoms with E-state index in [-0.39, 0.29) is 11.9 Å². The first-order valence-electron chi connectivity index (χ1n) is 6.86. The van der Waals surface area contributed by atoms with Gasteiger partial charge in [-0.3, -0.25) is 14.3 Å². The van der Waals surface area contributed by atoms with E-state index in [4.69, 9.17) is 0 Å². The van der Waals surface area contributed by atoms with Gasteiger partial charge in [-0.2, -0.15) is 0 Å². The van der Waals surface area contributed by atoms with E-state index in [2.05, 4.69) is 10.3 Å².